The summed E-state index contributed by atoms with van der Waals surface area (Å²) in [7, 11) is -3.17. The van der Waals surface area contributed by atoms with E-state index in [1.54, 1.807) is 12.1 Å². The molecule has 0 unspecified atom stereocenters. The van der Waals surface area contributed by atoms with Gasteiger partial charge in [-0.25, -0.2) is 13.1 Å². The summed E-state index contributed by atoms with van der Waals surface area (Å²) in [6.45, 7) is 0.722. The predicted molar refractivity (Wildman–Crippen MR) is 86.0 cm³/mol. The van der Waals surface area contributed by atoms with Gasteiger partial charge >= 0.3 is 0 Å². The van der Waals surface area contributed by atoms with Crippen molar-refractivity contribution in [3.8, 4) is 0 Å². The second-order valence-corrected chi connectivity index (χ2v) is 7.60. The number of anilines is 1. The number of nitrogens with two attached hydrogens (primary N) is 1. The summed E-state index contributed by atoms with van der Waals surface area (Å²) in [5.74, 6) is -0.158. The Bertz CT molecular complexity index is 753. The van der Waals surface area contributed by atoms with Crippen LogP contribution in [-0.4, -0.2) is 33.7 Å². The SMILES string of the molecule is CS(=O)(=O)NCCCNC(=O)c1cc2cc(N)ccc2s1. The summed E-state index contributed by atoms with van der Waals surface area (Å²) < 4.78 is 25.1. The van der Waals surface area contributed by atoms with Crippen LogP contribution in [0.4, 0.5) is 5.69 Å². The summed E-state index contributed by atoms with van der Waals surface area (Å²) in [4.78, 5) is 12.6. The third-order valence-electron chi connectivity index (χ3n) is 2.77. The summed E-state index contributed by atoms with van der Waals surface area (Å²) in [6.07, 6.45) is 1.64. The van der Waals surface area contributed by atoms with Crippen molar-refractivity contribution in [3.63, 3.8) is 0 Å². The van der Waals surface area contributed by atoms with Crippen LogP contribution in [0.5, 0.6) is 0 Å². The van der Waals surface area contributed by atoms with Crippen LogP contribution < -0.4 is 15.8 Å². The highest BCUT2D eigenvalue weighted by Crippen LogP contribution is 2.27. The molecule has 114 valence electrons. The lowest BCUT2D eigenvalue weighted by Crippen LogP contribution is -2.28. The van der Waals surface area contributed by atoms with E-state index < -0.39 is 10.0 Å². The van der Waals surface area contributed by atoms with Crippen molar-refractivity contribution in [1.82, 2.24) is 10.0 Å². The molecule has 6 nitrogen and oxygen atoms in total. The summed E-state index contributed by atoms with van der Waals surface area (Å²) in [5.41, 5.74) is 6.37. The molecule has 0 saturated carbocycles. The van der Waals surface area contributed by atoms with Gasteiger partial charge in [0.05, 0.1) is 11.1 Å². The number of nitrogens with one attached hydrogen (secondary N) is 2. The number of hydrogen-bond donors (Lipinski definition) is 3. The van der Waals surface area contributed by atoms with E-state index in [-0.39, 0.29) is 5.91 Å². The molecule has 1 aromatic carbocycles. The fourth-order valence-electron chi connectivity index (χ4n) is 1.81. The maximum atomic E-state index is 12.0. The van der Waals surface area contributed by atoms with Crippen LogP contribution >= 0.6 is 11.3 Å². The molecule has 0 aliphatic carbocycles. The molecule has 2 aromatic rings. The van der Waals surface area contributed by atoms with Gasteiger partial charge in [0.25, 0.3) is 5.91 Å². The van der Waals surface area contributed by atoms with E-state index in [2.05, 4.69) is 10.0 Å². The molecule has 4 N–H and O–H groups in total. The lowest BCUT2D eigenvalue weighted by Gasteiger charge is -2.04. The van der Waals surface area contributed by atoms with Gasteiger partial charge in [0, 0.05) is 23.5 Å². The minimum Gasteiger partial charge on any atom is -0.399 e. The fourth-order valence-corrected chi connectivity index (χ4v) is 3.28. The average Bonchev–Trinajstić information content (AvgIpc) is 2.79. The van der Waals surface area contributed by atoms with Crippen LogP contribution in [0.25, 0.3) is 10.1 Å². The van der Waals surface area contributed by atoms with Gasteiger partial charge in [-0.1, -0.05) is 0 Å². The minimum atomic E-state index is -3.17. The van der Waals surface area contributed by atoms with Crippen molar-refractivity contribution in [1.29, 1.82) is 0 Å². The number of sulfonamides is 1. The minimum absolute atomic E-state index is 0.158. The van der Waals surface area contributed by atoms with Gasteiger partial charge in [0.1, 0.15) is 0 Å². The average molecular weight is 327 g/mol. The Morgan fingerprint density at radius 1 is 1.29 bits per heavy atom. The van der Waals surface area contributed by atoms with Crippen molar-refractivity contribution < 1.29 is 13.2 Å². The number of benzene rings is 1. The second kappa shape index (κ2) is 6.42. The molecule has 1 heterocycles. The maximum Gasteiger partial charge on any atom is 0.261 e. The fraction of sp³-hybridized carbons (Fsp3) is 0.308. The first-order valence-electron chi connectivity index (χ1n) is 6.37. The monoisotopic (exact) mass is 327 g/mol. The smallest absolute Gasteiger partial charge is 0.261 e. The Labute approximate surface area is 127 Å². The molecule has 0 saturated heterocycles. The zero-order chi connectivity index (χ0) is 15.5. The van der Waals surface area contributed by atoms with E-state index in [9.17, 15) is 13.2 Å². The van der Waals surface area contributed by atoms with E-state index in [1.807, 2.05) is 12.1 Å². The van der Waals surface area contributed by atoms with E-state index in [4.69, 9.17) is 5.73 Å². The highest BCUT2D eigenvalue weighted by Gasteiger charge is 2.10. The summed E-state index contributed by atoms with van der Waals surface area (Å²) in [5, 5.41) is 3.71. The van der Waals surface area contributed by atoms with Crippen molar-refractivity contribution in [2.24, 2.45) is 0 Å². The lowest BCUT2D eigenvalue weighted by molar-refractivity contribution is 0.0957. The van der Waals surface area contributed by atoms with Gasteiger partial charge in [-0.2, -0.15) is 0 Å². The van der Waals surface area contributed by atoms with Gasteiger partial charge in [-0.15, -0.1) is 11.3 Å². The molecule has 21 heavy (non-hydrogen) atoms. The van der Waals surface area contributed by atoms with Crippen LogP contribution in [0.1, 0.15) is 16.1 Å². The number of nitrogen functional groups attached to an aromatic ring is 1. The van der Waals surface area contributed by atoms with Crippen molar-refractivity contribution in [2.45, 2.75) is 6.42 Å². The third kappa shape index (κ3) is 4.69. The van der Waals surface area contributed by atoms with Crippen LogP contribution in [0.2, 0.25) is 0 Å². The van der Waals surface area contributed by atoms with E-state index in [0.29, 0.717) is 30.1 Å². The number of amides is 1. The van der Waals surface area contributed by atoms with Crippen molar-refractivity contribution in [3.05, 3.63) is 29.1 Å². The molecule has 0 spiro atoms. The zero-order valence-corrected chi connectivity index (χ0v) is 13.2. The molecule has 0 bridgehead atoms. The quantitative estimate of drug-likeness (QED) is 0.547. The van der Waals surface area contributed by atoms with Crippen molar-refractivity contribution in [2.75, 3.05) is 25.1 Å². The molecule has 1 aromatic heterocycles. The van der Waals surface area contributed by atoms with Gasteiger partial charge in [0.2, 0.25) is 10.0 Å². The molecule has 0 aliphatic heterocycles. The maximum absolute atomic E-state index is 12.0. The van der Waals surface area contributed by atoms with Crippen LogP contribution in [-0.2, 0) is 10.0 Å². The van der Waals surface area contributed by atoms with Crippen molar-refractivity contribution >= 4 is 43.0 Å². The molecule has 0 aliphatic rings. The Morgan fingerprint density at radius 3 is 2.76 bits per heavy atom. The predicted octanol–water partition coefficient (Wildman–Crippen LogP) is 1.15. The third-order valence-corrected chi connectivity index (χ3v) is 4.61. The standard InChI is InChI=1S/C13H17N3O3S2/c1-21(18,19)16-6-2-5-15-13(17)12-8-9-7-10(14)3-4-11(9)20-12/h3-4,7-8,16H,2,5-6,14H2,1H3,(H,15,17). The highest BCUT2D eigenvalue weighted by molar-refractivity contribution is 7.88. The number of rotatable bonds is 6. The van der Waals surface area contributed by atoms with Gasteiger partial charge in [0.15, 0.2) is 0 Å². The van der Waals surface area contributed by atoms with Gasteiger partial charge < -0.3 is 11.1 Å². The van der Waals surface area contributed by atoms with Crippen LogP contribution in [0, 0.1) is 0 Å². The largest absolute Gasteiger partial charge is 0.399 e. The molecule has 0 atom stereocenters. The number of carbonyl (C=O) groups is 1. The second-order valence-electron chi connectivity index (χ2n) is 4.68. The zero-order valence-electron chi connectivity index (χ0n) is 11.5. The Hall–Kier alpha value is -1.64. The Balaban J connectivity index is 1.87. The first kappa shape index (κ1) is 15.7. The first-order valence-corrected chi connectivity index (χ1v) is 9.08. The first-order chi connectivity index (χ1) is 9.85. The Kier molecular flexibility index (Phi) is 4.81. The molecular formula is C13H17N3O3S2. The number of thiophene rings is 1. The van der Waals surface area contributed by atoms with E-state index >= 15 is 0 Å². The summed E-state index contributed by atoms with van der Waals surface area (Å²) >= 11 is 1.40. The molecule has 1 amide bonds. The summed E-state index contributed by atoms with van der Waals surface area (Å²) in [6, 6.07) is 7.33. The number of hydrogen-bond acceptors (Lipinski definition) is 5. The topological polar surface area (TPSA) is 101 Å². The molecule has 8 heteroatoms. The normalized spacial score (nSPS) is 11.7. The van der Waals surface area contributed by atoms with Crippen LogP contribution in [0.15, 0.2) is 24.3 Å². The number of fused-ring (bicyclic) bond motifs is 1. The van der Waals surface area contributed by atoms with Gasteiger partial charge in [-0.05, 0) is 36.1 Å². The van der Waals surface area contributed by atoms with Gasteiger partial charge in [-0.3, -0.25) is 4.79 Å². The van der Waals surface area contributed by atoms with E-state index in [1.165, 1.54) is 11.3 Å². The number of carbonyl (C=O) groups excluding carboxylic acids is 1. The molecular weight excluding hydrogens is 310 g/mol. The van der Waals surface area contributed by atoms with Crippen LogP contribution in [0.3, 0.4) is 0 Å². The Morgan fingerprint density at radius 2 is 2.05 bits per heavy atom. The molecule has 0 fully saturated rings. The van der Waals surface area contributed by atoms with E-state index in [0.717, 1.165) is 16.3 Å². The molecule has 0 radical (unpaired) electrons. The molecule has 2 rings (SSSR count). The lowest BCUT2D eigenvalue weighted by atomic mass is 10.2. The highest BCUT2D eigenvalue weighted by atomic mass is 32.2.